The average molecular weight is 507 g/mol. The number of allylic oxidation sites excluding steroid dienone is 1. The van der Waals surface area contributed by atoms with Gasteiger partial charge in [-0.2, -0.15) is 9.13 Å². The summed E-state index contributed by atoms with van der Waals surface area (Å²) in [7, 11) is 0. The minimum Gasteiger partial charge on any atom is -0.190 e. The van der Waals surface area contributed by atoms with Gasteiger partial charge in [-0.05, 0) is 61.7 Å². The van der Waals surface area contributed by atoms with E-state index in [4.69, 9.17) is 0 Å². The van der Waals surface area contributed by atoms with E-state index in [1.807, 2.05) is 0 Å². The van der Waals surface area contributed by atoms with Crippen LogP contribution in [0, 0.1) is 13.8 Å². The molecule has 0 aliphatic carbocycles. The number of pyridine rings is 2. The molecule has 0 spiro atoms. The molecule has 2 aromatic heterocycles. The molecule has 3 unspecified atom stereocenters. The molecule has 2 aliphatic heterocycles. The van der Waals surface area contributed by atoms with Crippen LogP contribution >= 0.6 is 0 Å². The van der Waals surface area contributed by atoms with Crippen LogP contribution < -0.4 is 9.13 Å². The fourth-order valence-electron chi connectivity index (χ4n) is 7.47. The number of nitrogens with zero attached hydrogens (tertiary/aromatic N) is 2. The first-order valence-corrected chi connectivity index (χ1v) is 13.8. The average Bonchev–Trinajstić information content (AvgIpc) is 3.30. The summed E-state index contributed by atoms with van der Waals surface area (Å²) in [5, 5.41) is 0. The van der Waals surface area contributed by atoms with Crippen molar-refractivity contribution in [3.05, 3.63) is 144 Å². The van der Waals surface area contributed by atoms with Crippen molar-refractivity contribution in [3.63, 3.8) is 0 Å². The molecule has 39 heavy (non-hydrogen) atoms. The topological polar surface area (TPSA) is 7.76 Å². The fourth-order valence-corrected chi connectivity index (χ4v) is 7.47. The number of hydrogen-bond donors (Lipinski definition) is 0. The van der Waals surface area contributed by atoms with E-state index in [9.17, 15) is 0 Å². The maximum absolute atomic E-state index is 4.48. The smallest absolute Gasteiger partial charge is 0.190 e. The molecule has 0 saturated heterocycles. The molecule has 0 fully saturated rings. The number of aryl methyl sites for hydroxylation is 2. The molecule has 2 heteroatoms. The fraction of sp³-hybridized carbons (Fsp3) is 0.189. The Morgan fingerprint density at radius 3 is 2.15 bits per heavy atom. The minimum atomic E-state index is -0.403. The van der Waals surface area contributed by atoms with E-state index >= 15 is 0 Å². The van der Waals surface area contributed by atoms with Crippen LogP contribution in [-0.2, 0) is 11.0 Å². The Hall–Kier alpha value is -4.30. The third kappa shape index (κ3) is 3.15. The molecule has 5 aromatic rings. The standard InChI is InChI=1S/C37H34N2/c1-6-36(4)37(5,35-30-14-8-7-13-29(30)33-17-11-12-19-38(33)35)32-16-10-9-15-31(32)34-24-27(18-20-39(34)36)28-22-25(2)21-26(3)23-28/h6-24,35H,1H2,2-5H3/q+2. The van der Waals surface area contributed by atoms with Crippen molar-refractivity contribution in [2.45, 2.75) is 44.7 Å². The van der Waals surface area contributed by atoms with Gasteiger partial charge in [0.2, 0.25) is 17.4 Å². The van der Waals surface area contributed by atoms with Crippen molar-refractivity contribution in [1.82, 2.24) is 0 Å². The Morgan fingerprint density at radius 1 is 0.692 bits per heavy atom. The van der Waals surface area contributed by atoms with Gasteiger partial charge < -0.3 is 0 Å². The highest BCUT2D eigenvalue weighted by molar-refractivity contribution is 5.74. The van der Waals surface area contributed by atoms with Gasteiger partial charge in [-0.25, -0.2) is 0 Å². The summed E-state index contributed by atoms with van der Waals surface area (Å²) in [6, 6.07) is 36.0. The lowest BCUT2D eigenvalue weighted by molar-refractivity contribution is -0.776. The Morgan fingerprint density at radius 2 is 1.38 bits per heavy atom. The van der Waals surface area contributed by atoms with E-state index < -0.39 is 5.54 Å². The molecule has 3 atom stereocenters. The van der Waals surface area contributed by atoms with E-state index in [0.29, 0.717) is 0 Å². The van der Waals surface area contributed by atoms with Crippen molar-refractivity contribution in [2.24, 2.45) is 0 Å². The zero-order chi connectivity index (χ0) is 26.9. The second-order valence-electron chi connectivity index (χ2n) is 11.6. The number of fused-ring (bicyclic) bond motifs is 6. The van der Waals surface area contributed by atoms with Gasteiger partial charge in [0.25, 0.3) is 0 Å². The van der Waals surface area contributed by atoms with Crippen LogP contribution in [0.3, 0.4) is 0 Å². The number of rotatable bonds is 3. The van der Waals surface area contributed by atoms with Gasteiger partial charge in [0.15, 0.2) is 17.9 Å². The second-order valence-corrected chi connectivity index (χ2v) is 11.6. The summed E-state index contributed by atoms with van der Waals surface area (Å²) < 4.78 is 4.96. The summed E-state index contributed by atoms with van der Waals surface area (Å²) in [6.45, 7) is 13.6. The van der Waals surface area contributed by atoms with Crippen LogP contribution in [0.2, 0.25) is 0 Å². The molecule has 0 saturated carbocycles. The highest BCUT2D eigenvalue weighted by Gasteiger charge is 2.66. The predicted octanol–water partition coefficient (Wildman–Crippen LogP) is 7.65. The van der Waals surface area contributed by atoms with E-state index in [-0.39, 0.29) is 11.5 Å². The third-order valence-electron chi connectivity index (χ3n) is 9.47. The lowest BCUT2D eigenvalue weighted by Gasteiger charge is -2.46. The van der Waals surface area contributed by atoms with Gasteiger partial charge in [0, 0.05) is 36.8 Å². The van der Waals surface area contributed by atoms with Crippen LogP contribution in [-0.4, -0.2) is 0 Å². The Balaban J connectivity index is 1.52. The first-order valence-electron chi connectivity index (χ1n) is 13.8. The molecule has 0 amide bonds. The number of benzene rings is 3. The Kier molecular flexibility index (Phi) is 5.09. The lowest BCUT2D eigenvalue weighted by Crippen LogP contribution is -2.71. The molecular weight excluding hydrogens is 472 g/mol. The van der Waals surface area contributed by atoms with Crippen molar-refractivity contribution in [2.75, 3.05) is 0 Å². The van der Waals surface area contributed by atoms with Crippen LogP contribution in [0.1, 0.15) is 42.1 Å². The zero-order valence-electron chi connectivity index (χ0n) is 23.1. The van der Waals surface area contributed by atoms with Crippen molar-refractivity contribution >= 4 is 0 Å². The SMILES string of the molecule is C=CC1(C)[n+]2ccc(-c3cc(C)cc(C)c3)cc2-c2ccccc2C1(C)C1c2ccccc2-c2cccc[n+]21. The summed E-state index contributed by atoms with van der Waals surface area (Å²) in [6.07, 6.45) is 6.71. The summed E-state index contributed by atoms with van der Waals surface area (Å²) >= 11 is 0. The molecule has 3 aromatic carbocycles. The molecular formula is C37H34N2+2. The van der Waals surface area contributed by atoms with Gasteiger partial charge in [0.1, 0.15) is 5.41 Å². The van der Waals surface area contributed by atoms with Crippen molar-refractivity contribution in [3.8, 4) is 33.6 Å². The quantitative estimate of drug-likeness (QED) is 0.175. The maximum atomic E-state index is 4.48. The minimum absolute atomic E-state index is 0.105. The number of aromatic nitrogens is 2. The second kappa shape index (κ2) is 8.35. The first kappa shape index (κ1) is 23.8. The van der Waals surface area contributed by atoms with Gasteiger partial charge in [-0.15, -0.1) is 0 Å². The van der Waals surface area contributed by atoms with E-state index in [2.05, 4.69) is 159 Å². The molecule has 0 N–H and O–H groups in total. The highest BCUT2D eigenvalue weighted by atomic mass is 15.1. The normalized spacial score (nSPS) is 22.4. The summed E-state index contributed by atoms with van der Waals surface area (Å²) in [4.78, 5) is 0. The summed E-state index contributed by atoms with van der Waals surface area (Å²) in [5.74, 6) is 0. The van der Waals surface area contributed by atoms with Crippen LogP contribution in [0.15, 0.2) is 122 Å². The Bertz CT molecular complexity index is 1730. The molecule has 0 radical (unpaired) electrons. The number of hydrogen-bond acceptors (Lipinski definition) is 0. The largest absolute Gasteiger partial charge is 0.214 e. The Labute approximate surface area is 231 Å². The monoisotopic (exact) mass is 506 g/mol. The van der Waals surface area contributed by atoms with Gasteiger partial charge in [-0.1, -0.05) is 72.3 Å². The summed E-state index contributed by atoms with van der Waals surface area (Å²) in [5.41, 5.74) is 12.2. The lowest BCUT2D eigenvalue weighted by atomic mass is 9.58. The van der Waals surface area contributed by atoms with Crippen molar-refractivity contribution in [1.29, 1.82) is 0 Å². The van der Waals surface area contributed by atoms with Crippen molar-refractivity contribution < 1.29 is 9.13 Å². The van der Waals surface area contributed by atoms with Crippen LogP contribution in [0.5, 0.6) is 0 Å². The van der Waals surface area contributed by atoms with Gasteiger partial charge in [-0.3, -0.25) is 0 Å². The molecule has 7 rings (SSSR count). The highest BCUT2D eigenvalue weighted by Crippen LogP contribution is 2.55. The van der Waals surface area contributed by atoms with Crippen LogP contribution in [0.25, 0.3) is 33.6 Å². The molecule has 2 nitrogen and oxygen atoms in total. The van der Waals surface area contributed by atoms with Gasteiger partial charge in [0.05, 0.1) is 11.1 Å². The first-order chi connectivity index (χ1) is 18.9. The predicted molar refractivity (Wildman–Crippen MR) is 158 cm³/mol. The maximum Gasteiger partial charge on any atom is 0.214 e. The van der Waals surface area contributed by atoms with E-state index in [0.717, 1.165) is 0 Å². The zero-order valence-corrected chi connectivity index (χ0v) is 23.1. The molecule has 0 bridgehead atoms. The molecule has 190 valence electrons. The van der Waals surface area contributed by atoms with Crippen LogP contribution in [0.4, 0.5) is 0 Å². The molecule has 4 heterocycles. The molecule has 2 aliphatic rings. The van der Waals surface area contributed by atoms with Gasteiger partial charge >= 0.3 is 0 Å². The van der Waals surface area contributed by atoms with E-state index in [1.165, 1.54) is 55.9 Å². The van der Waals surface area contributed by atoms with E-state index in [1.54, 1.807) is 0 Å². The third-order valence-corrected chi connectivity index (χ3v) is 9.47.